The van der Waals surface area contributed by atoms with Gasteiger partial charge in [0.05, 0.1) is 0 Å². The minimum absolute atomic E-state index is 0.0630. The molecule has 1 aromatic heterocycles. The molecule has 6 nitrogen and oxygen atoms in total. The zero-order valence-corrected chi connectivity index (χ0v) is 16.6. The standard InChI is InChI=1S/C21H30N4O2/c1-17(2)19-4-6-20(7-5-19)27-16-21(26)25-14-11-23(12-15-25)10-13-24-9-8-22-18(24)3/h4-9,17H,10-16H2,1-3H3. The van der Waals surface area contributed by atoms with Gasteiger partial charge in [-0.2, -0.15) is 0 Å². The zero-order chi connectivity index (χ0) is 19.2. The van der Waals surface area contributed by atoms with E-state index in [0.717, 1.165) is 50.8 Å². The fourth-order valence-electron chi connectivity index (χ4n) is 3.30. The summed E-state index contributed by atoms with van der Waals surface area (Å²) >= 11 is 0. The van der Waals surface area contributed by atoms with E-state index in [2.05, 4.69) is 40.4 Å². The van der Waals surface area contributed by atoms with Gasteiger partial charge in [-0.1, -0.05) is 26.0 Å². The molecule has 0 unspecified atom stereocenters. The van der Waals surface area contributed by atoms with Crippen LogP contribution in [0, 0.1) is 6.92 Å². The van der Waals surface area contributed by atoms with Crippen molar-refractivity contribution in [2.75, 3.05) is 39.3 Å². The number of hydrogen-bond acceptors (Lipinski definition) is 4. The number of aryl methyl sites for hydroxylation is 1. The smallest absolute Gasteiger partial charge is 0.260 e. The highest BCUT2D eigenvalue weighted by atomic mass is 16.5. The molecule has 0 N–H and O–H groups in total. The van der Waals surface area contributed by atoms with Crippen LogP contribution in [0.5, 0.6) is 5.75 Å². The normalized spacial score (nSPS) is 15.3. The van der Waals surface area contributed by atoms with Crippen molar-refractivity contribution < 1.29 is 9.53 Å². The molecule has 6 heteroatoms. The van der Waals surface area contributed by atoms with Crippen molar-refractivity contribution in [3.05, 3.63) is 48.0 Å². The third-order valence-corrected chi connectivity index (χ3v) is 5.21. The average Bonchev–Trinajstić information content (AvgIpc) is 3.10. The molecule has 2 heterocycles. The van der Waals surface area contributed by atoms with Crippen molar-refractivity contribution in [1.29, 1.82) is 0 Å². The second-order valence-electron chi connectivity index (χ2n) is 7.40. The molecule has 1 aliphatic heterocycles. The fraction of sp³-hybridized carbons (Fsp3) is 0.524. The Bertz CT molecular complexity index is 731. The van der Waals surface area contributed by atoms with Gasteiger partial charge >= 0.3 is 0 Å². The highest BCUT2D eigenvalue weighted by Crippen LogP contribution is 2.18. The summed E-state index contributed by atoms with van der Waals surface area (Å²) in [5.74, 6) is 2.35. The molecule has 0 spiro atoms. The number of amides is 1. The minimum atomic E-state index is 0.0630. The lowest BCUT2D eigenvalue weighted by Gasteiger charge is -2.34. The molecule has 1 aromatic carbocycles. The van der Waals surface area contributed by atoms with Gasteiger partial charge in [0.2, 0.25) is 0 Å². The van der Waals surface area contributed by atoms with E-state index in [9.17, 15) is 4.79 Å². The monoisotopic (exact) mass is 370 g/mol. The second kappa shape index (κ2) is 9.04. The molecule has 0 radical (unpaired) electrons. The van der Waals surface area contributed by atoms with Crippen molar-refractivity contribution in [1.82, 2.24) is 19.4 Å². The predicted molar refractivity (Wildman–Crippen MR) is 106 cm³/mol. The highest BCUT2D eigenvalue weighted by Gasteiger charge is 2.21. The molecule has 1 fully saturated rings. The maximum atomic E-state index is 12.4. The number of carbonyl (C=O) groups is 1. The molecule has 1 saturated heterocycles. The van der Waals surface area contributed by atoms with Crippen LogP contribution in [-0.4, -0.2) is 64.6 Å². The Morgan fingerprint density at radius 3 is 2.41 bits per heavy atom. The van der Waals surface area contributed by atoms with Gasteiger partial charge in [-0.25, -0.2) is 4.98 Å². The van der Waals surface area contributed by atoms with E-state index in [1.165, 1.54) is 5.56 Å². The summed E-state index contributed by atoms with van der Waals surface area (Å²) in [4.78, 5) is 21.0. The third kappa shape index (κ3) is 5.32. The number of carbonyl (C=O) groups excluding carboxylic acids is 1. The van der Waals surface area contributed by atoms with Crippen LogP contribution in [0.2, 0.25) is 0 Å². The molecular weight excluding hydrogens is 340 g/mol. The number of benzene rings is 1. The number of rotatable bonds is 7. The SMILES string of the molecule is Cc1nccn1CCN1CCN(C(=O)COc2ccc(C(C)C)cc2)CC1. The summed E-state index contributed by atoms with van der Waals surface area (Å²) in [5, 5.41) is 0. The Hall–Kier alpha value is -2.34. The quantitative estimate of drug-likeness (QED) is 0.752. The topological polar surface area (TPSA) is 50.6 Å². The summed E-state index contributed by atoms with van der Waals surface area (Å²) in [6, 6.07) is 8.01. The zero-order valence-electron chi connectivity index (χ0n) is 16.6. The van der Waals surface area contributed by atoms with Gasteiger partial charge < -0.3 is 14.2 Å². The van der Waals surface area contributed by atoms with E-state index < -0.39 is 0 Å². The minimum Gasteiger partial charge on any atom is -0.484 e. The van der Waals surface area contributed by atoms with Crippen molar-refractivity contribution in [3.63, 3.8) is 0 Å². The lowest BCUT2D eigenvalue weighted by atomic mass is 10.0. The Morgan fingerprint density at radius 1 is 1.11 bits per heavy atom. The third-order valence-electron chi connectivity index (χ3n) is 5.21. The molecule has 146 valence electrons. The van der Waals surface area contributed by atoms with Gasteiger partial charge in [0.25, 0.3) is 5.91 Å². The largest absolute Gasteiger partial charge is 0.484 e. The maximum absolute atomic E-state index is 12.4. The Labute approximate surface area is 161 Å². The summed E-state index contributed by atoms with van der Waals surface area (Å²) in [6.45, 7) is 11.7. The number of aromatic nitrogens is 2. The molecule has 2 aromatic rings. The Morgan fingerprint density at radius 2 is 1.81 bits per heavy atom. The van der Waals surface area contributed by atoms with Gasteiger partial charge in [0, 0.05) is 51.7 Å². The van der Waals surface area contributed by atoms with Crippen LogP contribution in [-0.2, 0) is 11.3 Å². The van der Waals surface area contributed by atoms with Gasteiger partial charge in [-0.05, 0) is 30.5 Å². The van der Waals surface area contributed by atoms with Gasteiger partial charge in [-0.15, -0.1) is 0 Å². The van der Waals surface area contributed by atoms with Crippen molar-refractivity contribution in [3.8, 4) is 5.75 Å². The van der Waals surface area contributed by atoms with Crippen LogP contribution >= 0.6 is 0 Å². The van der Waals surface area contributed by atoms with Crippen LogP contribution < -0.4 is 4.74 Å². The van der Waals surface area contributed by atoms with Crippen LogP contribution in [0.4, 0.5) is 0 Å². The summed E-state index contributed by atoms with van der Waals surface area (Å²) < 4.78 is 7.84. The Balaban J connectivity index is 1.38. The van der Waals surface area contributed by atoms with Crippen molar-refractivity contribution >= 4 is 5.91 Å². The summed E-state index contributed by atoms with van der Waals surface area (Å²) in [6.07, 6.45) is 3.85. The molecule has 0 aliphatic carbocycles. The van der Waals surface area contributed by atoms with Crippen LogP contribution in [0.25, 0.3) is 0 Å². The number of hydrogen-bond donors (Lipinski definition) is 0. The highest BCUT2D eigenvalue weighted by molar-refractivity contribution is 5.77. The number of ether oxygens (including phenoxy) is 1. The molecule has 0 saturated carbocycles. The molecular formula is C21H30N4O2. The number of nitrogens with zero attached hydrogens (tertiary/aromatic N) is 4. The first-order chi connectivity index (χ1) is 13.0. The van der Waals surface area contributed by atoms with Gasteiger partial charge in [-0.3, -0.25) is 9.69 Å². The Kier molecular flexibility index (Phi) is 6.50. The lowest BCUT2D eigenvalue weighted by molar-refractivity contribution is -0.135. The van der Waals surface area contributed by atoms with Gasteiger partial charge in [0.1, 0.15) is 11.6 Å². The molecule has 3 rings (SSSR count). The molecule has 0 atom stereocenters. The first kappa shape index (κ1) is 19.4. The van der Waals surface area contributed by atoms with E-state index in [1.807, 2.05) is 36.4 Å². The summed E-state index contributed by atoms with van der Waals surface area (Å²) in [7, 11) is 0. The van der Waals surface area contributed by atoms with Crippen LogP contribution in [0.15, 0.2) is 36.7 Å². The predicted octanol–water partition coefficient (Wildman–Crippen LogP) is 2.54. The molecule has 1 aliphatic rings. The molecule has 27 heavy (non-hydrogen) atoms. The van der Waals surface area contributed by atoms with Crippen LogP contribution in [0.3, 0.4) is 0 Å². The van der Waals surface area contributed by atoms with Crippen molar-refractivity contribution in [2.24, 2.45) is 0 Å². The van der Waals surface area contributed by atoms with E-state index in [0.29, 0.717) is 5.92 Å². The number of piperazine rings is 1. The molecule has 1 amide bonds. The van der Waals surface area contributed by atoms with Gasteiger partial charge in [0.15, 0.2) is 6.61 Å². The van der Waals surface area contributed by atoms with Crippen molar-refractivity contribution in [2.45, 2.75) is 33.2 Å². The van der Waals surface area contributed by atoms with E-state index in [4.69, 9.17) is 4.74 Å². The van der Waals surface area contributed by atoms with E-state index >= 15 is 0 Å². The second-order valence-corrected chi connectivity index (χ2v) is 7.40. The van der Waals surface area contributed by atoms with Crippen LogP contribution in [0.1, 0.15) is 31.2 Å². The fourth-order valence-corrected chi connectivity index (χ4v) is 3.30. The lowest BCUT2D eigenvalue weighted by Crippen LogP contribution is -2.50. The van der Waals surface area contributed by atoms with E-state index in [1.54, 1.807) is 0 Å². The summed E-state index contributed by atoms with van der Waals surface area (Å²) in [5.41, 5.74) is 1.27. The maximum Gasteiger partial charge on any atom is 0.260 e. The first-order valence-electron chi connectivity index (χ1n) is 9.73. The molecule has 0 bridgehead atoms. The number of imidazole rings is 1. The van der Waals surface area contributed by atoms with E-state index in [-0.39, 0.29) is 12.5 Å². The first-order valence-corrected chi connectivity index (χ1v) is 9.73. The average molecular weight is 370 g/mol.